The molecule has 92 valence electrons. The Morgan fingerprint density at radius 1 is 1.29 bits per heavy atom. The van der Waals surface area contributed by atoms with Crippen molar-refractivity contribution in [1.82, 2.24) is 0 Å². The van der Waals surface area contributed by atoms with E-state index in [0.29, 0.717) is 13.0 Å². The molecule has 0 radical (unpaired) electrons. The highest BCUT2D eigenvalue weighted by Crippen LogP contribution is 2.54. The SMILES string of the molecule is NC1[C@@H]2C(F)C2C[C@H]1OCc1ccc(F)cc1. The van der Waals surface area contributed by atoms with E-state index >= 15 is 0 Å². The minimum Gasteiger partial charge on any atom is -0.372 e. The van der Waals surface area contributed by atoms with Crippen LogP contribution in [0.4, 0.5) is 8.78 Å². The Kier molecular flexibility index (Phi) is 2.64. The second-order valence-electron chi connectivity index (χ2n) is 4.97. The monoisotopic (exact) mass is 239 g/mol. The van der Waals surface area contributed by atoms with Crippen LogP contribution in [0.15, 0.2) is 24.3 Å². The van der Waals surface area contributed by atoms with Crippen LogP contribution in [0.2, 0.25) is 0 Å². The zero-order valence-electron chi connectivity index (χ0n) is 9.35. The summed E-state index contributed by atoms with van der Waals surface area (Å²) in [5.41, 5.74) is 6.83. The summed E-state index contributed by atoms with van der Waals surface area (Å²) in [4.78, 5) is 0. The van der Waals surface area contributed by atoms with Gasteiger partial charge in [0.25, 0.3) is 0 Å². The van der Waals surface area contributed by atoms with E-state index in [9.17, 15) is 8.78 Å². The van der Waals surface area contributed by atoms with Gasteiger partial charge in [0, 0.05) is 17.9 Å². The molecule has 3 unspecified atom stereocenters. The maximum Gasteiger partial charge on any atom is 0.123 e. The molecule has 0 aliphatic heterocycles. The molecule has 0 heterocycles. The van der Waals surface area contributed by atoms with Gasteiger partial charge in [0.2, 0.25) is 0 Å². The fourth-order valence-electron chi connectivity index (χ4n) is 2.78. The molecule has 1 aromatic carbocycles. The van der Waals surface area contributed by atoms with Crippen LogP contribution < -0.4 is 5.73 Å². The van der Waals surface area contributed by atoms with E-state index in [1.165, 1.54) is 12.1 Å². The van der Waals surface area contributed by atoms with Crippen LogP contribution >= 0.6 is 0 Å². The normalized spacial score (nSPS) is 39.1. The molecular formula is C13H15F2NO. The van der Waals surface area contributed by atoms with Crippen LogP contribution in [-0.2, 0) is 11.3 Å². The first-order valence-corrected chi connectivity index (χ1v) is 5.92. The molecule has 2 aliphatic carbocycles. The summed E-state index contributed by atoms with van der Waals surface area (Å²) in [5.74, 6) is -0.135. The fraction of sp³-hybridized carbons (Fsp3) is 0.538. The Morgan fingerprint density at radius 3 is 2.59 bits per heavy atom. The quantitative estimate of drug-likeness (QED) is 0.876. The second kappa shape index (κ2) is 4.03. The molecule has 2 fully saturated rings. The minimum atomic E-state index is -0.712. The number of halogens is 2. The lowest BCUT2D eigenvalue weighted by molar-refractivity contribution is 0.0214. The number of rotatable bonds is 3. The first-order valence-electron chi connectivity index (χ1n) is 5.92. The Balaban J connectivity index is 1.54. The number of hydrogen-bond acceptors (Lipinski definition) is 2. The highest BCUT2D eigenvalue weighted by molar-refractivity contribution is 5.16. The summed E-state index contributed by atoms with van der Waals surface area (Å²) in [6.07, 6.45) is -0.0495. The van der Waals surface area contributed by atoms with Crippen molar-refractivity contribution in [2.75, 3.05) is 0 Å². The molecule has 2 saturated carbocycles. The van der Waals surface area contributed by atoms with E-state index in [1.807, 2.05) is 0 Å². The van der Waals surface area contributed by atoms with Gasteiger partial charge >= 0.3 is 0 Å². The van der Waals surface area contributed by atoms with Crippen LogP contribution in [-0.4, -0.2) is 18.3 Å². The summed E-state index contributed by atoms with van der Waals surface area (Å²) >= 11 is 0. The maximum atomic E-state index is 13.1. The molecule has 2 N–H and O–H groups in total. The van der Waals surface area contributed by atoms with Gasteiger partial charge in [0.15, 0.2) is 0 Å². The largest absolute Gasteiger partial charge is 0.372 e. The lowest BCUT2D eigenvalue weighted by Gasteiger charge is -2.20. The minimum absolute atomic E-state index is 0.00761. The Labute approximate surface area is 98.8 Å². The van der Waals surface area contributed by atoms with Gasteiger partial charge in [-0.3, -0.25) is 0 Å². The van der Waals surface area contributed by atoms with E-state index in [-0.39, 0.29) is 29.8 Å². The molecule has 5 atom stereocenters. The molecular weight excluding hydrogens is 224 g/mol. The van der Waals surface area contributed by atoms with Gasteiger partial charge < -0.3 is 10.5 Å². The molecule has 0 saturated heterocycles. The Bertz CT molecular complexity index is 408. The third-order valence-electron chi connectivity index (χ3n) is 3.89. The van der Waals surface area contributed by atoms with Crippen molar-refractivity contribution in [3.8, 4) is 0 Å². The summed E-state index contributed by atoms with van der Waals surface area (Å²) in [6, 6.07) is 6.00. The number of hydrogen-bond donors (Lipinski definition) is 1. The Morgan fingerprint density at radius 2 is 2.00 bits per heavy atom. The van der Waals surface area contributed by atoms with Gasteiger partial charge in [0.1, 0.15) is 12.0 Å². The highest BCUT2D eigenvalue weighted by Gasteiger charge is 2.62. The number of ether oxygens (including phenoxy) is 1. The van der Waals surface area contributed by atoms with Crippen molar-refractivity contribution in [1.29, 1.82) is 0 Å². The maximum absolute atomic E-state index is 13.1. The molecule has 2 nitrogen and oxygen atoms in total. The third kappa shape index (κ3) is 1.96. The van der Waals surface area contributed by atoms with E-state index in [1.54, 1.807) is 12.1 Å². The standard InChI is InChI=1S/C13H15F2NO/c14-8-3-1-7(2-4-8)6-17-10-5-9-11(12(9)15)13(10)16/h1-4,9-13H,5-6,16H2/t9?,10-,11+,12?,13?/m1/s1. The van der Waals surface area contributed by atoms with E-state index in [0.717, 1.165) is 5.56 Å². The first-order chi connectivity index (χ1) is 8.16. The molecule has 17 heavy (non-hydrogen) atoms. The van der Waals surface area contributed by atoms with Crippen molar-refractivity contribution >= 4 is 0 Å². The average Bonchev–Trinajstić information content (AvgIpc) is 2.81. The zero-order chi connectivity index (χ0) is 12.0. The van der Waals surface area contributed by atoms with Gasteiger partial charge in [-0.1, -0.05) is 12.1 Å². The molecule has 1 aromatic rings. The third-order valence-corrected chi connectivity index (χ3v) is 3.89. The van der Waals surface area contributed by atoms with Crippen molar-refractivity contribution in [3.05, 3.63) is 35.6 Å². The predicted octanol–water partition coefficient (Wildman–Crippen LogP) is 2.03. The highest BCUT2D eigenvalue weighted by atomic mass is 19.1. The second-order valence-corrected chi connectivity index (χ2v) is 4.97. The first kappa shape index (κ1) is 11.1. The Hall–Kier alpha value is -1.00. The fourth-order valence-corrected chi connectivity index (χ4v) is 2.78. The van der Waals surface area contributed by atoms with Gasteiger partial charge in [-0.15, -0.1) is 0 Å². The van der Waals surface area contributed by atoms with Crippen molar-refractivity contribution < 1.29 is 13.5 Å². The van der Waals surface area contributed by atoms with Gasteiger partial charge in [-0.2, -0.15) is 0 Å². The van der Waals surface area contributed by atoms with Gasteiger partial charge in [-0.05, 0) is 24.1 Å². The number of benzene rings is 1. The molecule has 0 aromatic heterocycles. The number of nitrogens with two attached hydrogens (primary N) is 1. The van der Waals surface area contributed by atoms with E-state index in [4.69, 9.17) is 10.5 Å². The van der Waals surface area contributed by atoms with Gasteiger partial charge in [-0.25, -0.2) is 8.78 Å². The molecule has 2 aliphatic rings. The van der Waals surface area contributed by atoms with Crippen molar-refractivity contribution in [3.63, 3.8) is 0 Å². The predicted molar refractivity (Wildman–Crippen MR) is 59.4 cm³/mol. The van der Waals surface area contributed by atoms with Crippen LogP contribution in [0.25, 0.3) is 0 Å². The van der Waals surface area contributed by atoms with Crippen molar-refractivity contribution in [2.45, 2.75) is 31.3 Å². The summed E-state index contributed by atoms with van der Waals surface area (Å²) in [7, 11) is 0. The van der Waals surface area contributed by atoms with Crippen LogP contribution in [0.3, 0.4) is 0 Å². The van der Waals surface area contributed by atoms with Crippen LogP contribution in [0, 0.1) is 17.7 Å². The molecule has 4 heteroatoms. The van der Waals surface area contributed by atoms with Gasteiger partial charge in [0.05, 0.1) is 12.7 Å². The number of alkyl halides is 1. The molecule has 3 rings (SSSR count). The average molecular weight is 239 g/mol. The zero-order valence-corrected chi connectivity index (χ0v) is 9.35. The van der Waals surface area contributed by atoms with E-state index < -0.39 is 6.17 Å². The van der Waals surface area contributed by atoms with Crippen LogP contribution in [0.5, 0.6) is 0 Å². The summed E-state index contributed by atoms with van der Waals surface area (Å²) in [5, 5.41) is 0. The molecule has 0 spiro atoms. The smallest absolute Gasteiger partial charge is 0.123 e. The van der Waals surface area contributed by atoms with Crippen molar-refractivity contribution in [2.24, 2.45) is 17.6 Å². The molecule has 0 bridgehead atoms. The summed E-state index contributed by atoms with van der Waals surface area (Å²) in [6.45, 7) is 0.412. The molecule has 0 amide bonds. The lowest BCUT2D eigenvalue weighted by Crippen LogP contribution is -2.36. The van der Waals surface area contributed by atoms with Crippen LogP contribution in [0.1, 0.15) is 12.0 Å². The van der Waals surface area contributed by atoms with E-state index in [2.05, 4.69) is 0 Å². The summed E-state index contributed by atoms with van der Waals surface area (Å²) < 4.78 is 31.4. The lowest BCUT2D eigenvalue weighted by atomic mass is 10.1. The topological polar surface area (TPSA) is 35.2 Å². The number of fused-ring (bicyclic) bond motifs is 1.